The van der Waals surface area contributed by atoms with Crippen LogP contribution in [0.15, 0.2) is 23.0 Å². The molecule has 2 amide bonds. The molecule has 4 rings (SSSR count). The molecule has 2 aliphatic heterocycles. The molecule has 148 valence electrons. The van der Waals surface area contributed by atoms with Crippen molar-refractivity contribution in [3.63, 3.8) is 0 Å². The van der Waals surface area contributed by atoms with Crippen molar-refractivity contribution in [2.75, 3.05) is 33.2 Å². The maximum Gasteiger partial charge on any atom is 0.227 e. The molecule has 3 heterocycles. The van der Waals surface area contributed by atoms with Crippen LogP contribution in [0.5, 0.6) is 0 Å². The number of likely N-dealkylation sites (tertiary alicyclic amines) is 2. The molecule has 0 radical (unpaired) electrons. The van der Waals surface area contributed by atoms with Gasteiger partial charge in [-0.05, 0) is 51.1 Å². The number of piperidine rings is 2. The molecule has 0 N–H and O–H groups in total. The van der Waals surface area contributed by atoms with Gasteiger partial charge in [-0.3, -0.25) is 14.5 Å². The van der Waals surface area contributed by atoms with Crippen LogP contribution < -0.4 is 0 Å². The van der Waals surface area contributed by atoms with Gasteiger partial charge in [-0.15, -0.1) is 0 Å². The second-order valence-electron chi connectivity index (χ2n) is 8.49. The van der Waals surface area contributed by atoms with Crippen LogP contribution in [-0.2, 0) is 16.1 Å². The van der Waals surface area contributed by atoms with Crippen molar-refractivity contribution in [3.8, 4) is 0 Å². The predicted octanol–water partition coefficient (Wildman–Crippen LogP) is 2.35. The van der Waals surface area contributed by atoms with Crippen LogP contribution in [0.2, 0.25) is 0 Å². The Morgan fingerprint density at radius 2 is 1.89 bits per heavy atom. The lowest BCUT2D eigenvalue weighted by Gasteiger charge is -2.42. The molecule has 0 unspecified atom stereocenters. The lowest BCUT2D eigenvalue weighted by molar-refractivity contribution is -0.137. The Morgan fingerprint density at radius 3 is 2.56 bits per heavy atom. The van der Waals surface area contributed by atoms with Crippen LogP contribution in [0.25, 0.3) is 0 Å². The van der Waals surface area contributed by atoms with E-state index in [1.807, 2.05) is 18.0 Å². The van der Waals surface area contributed by atoms with E-state index in [2.05, 4.69) is 9.80 Å². The van der Waals surface area contributed by atoms with Crippen LogP contribution in [0.1, 0.15) is 44.1 Å². The lowest BCUT2D eigenvalue weighted by atomic mass is 9.92. The fraction of sp³-hybridized carbons (Fsp3) is 0.714. The summed E-state index contributed by atoms with van der Waals surface area (Å²) >= 11 is 0. The third-order valence-corrected chi connectivity index (χ3v) is 6.40. The van der Waals surface area contributed by atoms with Gasteiger partial charge in [0, 0.05) is 50.7 Å². The monoisotopic (exact) mass is 373 g/mol. The number of carbonyl (C=O) groups is 2. The summed E-state index contributed by atoms with van der Waals surface area (Å²) in [6, 6.07) is 2.43. The lowest BCUT2D eigenvalue weighted by Crippen LogP contribution is -2.51. The molecule has 6 heteroatoms. The Hall–Kier alpha value is -1.82. The smallest absolute Gasteiger partial charge is 0.227 e. The molecular weight excluding hydrogens is 342 g/mol. The SMILES string of the molecule is CN(Cc1ccoc1)C(=O)[C@@H]1CCCN(C2CCN(C(=O)C3CC3)CC2)C1. The fourth-order valence-electron chi connectivity index (χ4n) is 4.63. The van der Waals surface area contributed by atoms with Gasteiger partial charge < -0.3 is 14.2 Å². The highest BCUT2D eigenvalue weighted by molar-refractivity contribution is 5.81. The molecule has 1 saturated carbocycles. The van der Waals surface area contributed by atoms with Crippen molar-refractivity contribution in [2.45, 2.75) is 51.1 Å². The standard InChI is InChI=1S/C21H31N3O3/c1-22(13-16-8-12-27-15-16)20(25)18-3-2-9-24(14-18)19-6-10-23(11-7-19)21(26)17-4-5-17/h8,12,15,17-19H,2-7,9-11,13-14H2,1H3/t18-/m1/s1. The van der Waals surface area contributed by atoms with Gasteiger partial charge in [0.25, 0.3) is 0 Å². The third kappa shape index (κ3) is 4.37. The zero-order chi connectivity index (χ0) is 18.8. The van der Waals surface area contributed by atoms with E-state index in [1.54, 1.807) is 12.5 Å². The molecule has 2 saturated heterocycles. The van der Waals surface area contributed by atoms with Gasteiger partial charge in [0.1, 0.15) is 0 Å². The minimum absolute atomic E-state index is 0.0850. The molecular formula is C21H31N3O3. The molecule has 27 heavy (non-hydrogen) atoms. The van der Waals surface area contributed by atoms with Crippen molar-refractivity contribution in [2.24, 2.45) is 11.8 Å². The number of hydrogen-bond donors (Lipinski definition) is 0. The van der Waals surface area contributed by atoms with Crippen molar-refractivity contribution in [3.05, 3.63) is 24.2 Å². The van der Waals surface area contributed by atoms with E-state index in [0.717, 1.165) is 70.3 Å². The number of hydrogen-bond acceptors (Lipinski definition) is 4. The van der Waals surface area contributed by atoms with E-state index in [9.17, 15) is 9.59 Å². The van der Waals surface area contributed by atoms with Gasteiger partial charge >= 0.3 is 0 Å². The normalized spacial score (nSPS) is 24.8. The van der Waals surface area contributed by atoms with Gasteiger partial charge in [0.2, 0.25) is 11.8 Å². The minimum atomic E-state index is 0.0850. The number of amides is 2. The Kier molecular flexibility index (Phi) is 5.53. The van der Waals surface area contributed by atoms with Crippen LogP contribution in [0, 0.1) is 11.8 Å². The zero-order valence-electron chi connectivity index (χ0n) is 16.3. The van der Waals surface area contributed by atoms with E-state index >= 15 is 0 Å². The zero-order valence-corrected chi connectivity index (χ0v) is 16.3. The Morgan fingerprint density at radius 1 is 1.11 bits per heavy atom. The summed E-state index contributed by atoms with van der Waals surface area (Å²) in [5.74, 6) is 1.02. The molecule has 0 spiro atoms. The van der Waals surface area contributed by atoms with Crippen LogP contribution in [0.4, 0.5) is 0 Å². The number of furan rings is 1. The minimum Gasteiger partial charge on any atom is -0.472 e. The fourth-order valence-corrected chi connectivity index (χ4v) is 4.63. The Labute approximate surface area is 161 Å². The molecule has 0 aromatic carbocycles. The first-order valence-electron chi connectivity index (χ1n) is 10.4. The van der Waals surface area contributed by atoms with E-state index < -0.39 is 0 Å². The van der Waals surface area contributed by atoms with Crippen molar-refractivity contribution in [1.29, 1.82) is 0 Å². The third-order valence-electron chi connectivity index (χ3n) is 6.40. The number of rotatable bonds is 5. The summed E-state index contributed by atoms with van der Waals surface area (Å²) in [5, 5.41) is 0. The van der Waals surface area contributed by atoms with Gasteiger partial charge in [0.05, 0.1) is 18.4 Å². The molecule has 1 aromatic heterocycles. The highest BCUT2D eigenvalue weighted by atomic mass is 16.3. The first kappa shape index (κ1) is 18.5. The maximum absolute atomic E-state index is 12.9. The van der Waals surface area contributed by atoms with E-state index in [1.165, 1.54) is 0 Å². The predicted molar refractivity (Wildman–Crippen MR) is 102 cm³/mol. The highest BCUT2D eigenvalue weighted by Gasteiger charge is 2.37. The Balaban J connectivity index is 1.27. The quantitative estimate of drug-likeness (QED) is 0.795. The summed E-state index contributed by atoms with van der Waals surface area (Å²) in [7, 11) is 1.89. The van der Waals surface area contributed by atoms with Crippen molar-refractivity contribution in [1.82, 2.24) is 14.7 Å². The summed E-state index contributed by atoms with van der Waals surface area (Å²) in [5.41, 5.74) is 1.03. The van der Waals surface area contributed by atoms with Gasteiger partial charge in [-0.2, -0.15) is 0 Å². The average Bonchev–Trinajstić information content (AvgIpc) is 3.44. The highest BCUT2D eigenvalue weighted by Crippen LogP contribution is 2.32. The molecule has 0 bridgehead atoms. The molecule has 3 fully saturated rings. The van der Waals surface area contributed by atoms with Crippen molar-refractivity contribution >= 4 is 11.8 Å². The second kappa shape index (κ2) is 8.05. The van der Waals surface area contributed by atoms with Crippen LogP contribution in [-0.4, -0.2) is 65.8 Å². The summed E-state index contributed by atoms with van der Waals surface area (Å²) in [4.78, 5) is 31.5. The average molecular weight is 373 g/mol. The topological polar surface area (TPSA) is 57.0 Å². The molecule has 3 aliphatic rings. The van der Waals surface area contributed by atoms with Crippen LogP contribution >= 0.6 is 0 Å². The van der Waals surface area contributed by atoms with E-state index in [4.69, 9.17) is 4.42 Å². The van der Waals surface area contributed by atoms with E-state index in [-0.39, 0.29) is 11.8 Å². The van der Waals surface area contributed by atoms with Gasteiger partial charge in [-0.1, -0.05) is 0 Å². The van der Waals surface area contributed by atoms with Gasteiger partial charge in [0.15, 0.2) is 0 Å². The molecule has 1 aromatic rings. The number of nitrogens with zero attached hydrogens (tertiary/aromatic N) is 3. The molecule has 6 nitrogen and oxygen atoms in total. The van der Waals surface area contributed by atoms with E-state index in [0.29, 0.717) is 24.4 Å². The van der Waals surface area contributed by atoms with Gasteiger partial charge in [-0.25, -0.2) is 0 Å². The molecule has 1 atom stereocenters. The maximum atomic E-state index is 12.9. The second-order valence-corrected chi connectivity index (χ2v) is 8.49. The summed E-state index contributed by atoms with van der Waals surface area (Å²) in [6.07, 6.45) is 9.67. The van der Waals surface area contributed by atoms with Crippen LogP contribution in [0.3, 0.4) is 0 Å². The first-order chi connectivity index (χ1) is 13.1. The number of carbonyl (C=O) groups excluding carboxylic acids is 2. The van der Waals surface area contributed by atoms with Crippen molar-refractivity contribution < 1.29 is 14.0 Å². The largest absolute Gasteiger partial charge is 0.472 e. The Bertz CT molecular complexity index is 648. The summed E-state index contributed by atoms with van der Waals surface area (Å²) < 4.78 is 5.11. The summed E-state index contributed by atoms with van der Waals surface area (Å²) in [6.45, 7) is 4.31. The molecule has 1 aliphatic carbocycles. The first-order valence-corrected chi connectivity index (χ1v) is 10.4.